The van der Waals surface area contributed by atoms with Crippen molar-refractivity contribution in [3.05, 3.63) is 0 Å². The summed E-state index contributed by atoms with van der Waals surface area (Å²) in [6, 6.07) is 0. The van der Waals surface area contributed by atoms with Crippen molar-refractivity contribution in [2.75, 3.05) is 0 Å². The van der Waals surface area contributed by atoms with Crippen molar-refractivity contribution in [1.82, 2.24) is 0 Å². The molecule has 0 fully saturated rings. The van der Waals surface area contributed by atoms with Crippen LogP contribution >= 0.6 is 0 Å². The van der Waals surface area contributed by atoms with Crippen molar-refractivity contribution in [3.8, 4) is 0 Å². The van der Waals surface area contributed by atoms with Crippen LogP contribution in [0.3, 0.4) is 0 Å². The summed E-state index contributed by atoms with van der Waals surface area (Å²) >= 11 is 0. The van der Waals surface area contributed by atoms with E-state index in [1.165, 1.54) is 0 Å². The first-order chi connectivity index (χ1) is 1.00. The summed E-state index contributed by atoms with van der Waals surface area (Å²) in [6.07, 6.45) is 0. The number of hydrogen-bond acceptors (Lipinski definition) is 1. The van der Waals surface area contributed by atoms with Gasteiger partial charge in [-0.3, -0.25) is 0 Å². The van der Waals surface area contributed by atoms with Crippen LogP contribution in [0.5, 0.6) is 0 Å². The van der Waals surface area contributed by atoms with E-state index in [9.17, 15) is 0 Å². The molecule has 0 aromatic carbocycles. The Morgan fingerprint density at radius 1 is 1.25 bits per heavy atom. The van der Waals surface area contributed by atoms with E-state index >= 15 is 0 Å². The third-order valence-electron chi connectivity index (χ3n) is 0. The standard InChI is InChI=1S/Hf.H4OSi.H2O/c;1-2;/h;1H,2H3;1H2. The average Bonchev–Trinajstić information content (AvgIpc) is 1.00. The van der Waals surface area contributed by atoms with Crippen LogP contribution in [-0.4, -0.2) is 20.8 Å². The maximum absolute atomic E-state index is 7.14. The second kappa shape index (κ2) is 35.7. The molecule has 4 heteroatoms. The molecule has 0 bridgehead atoms. The van der Waals surface area contributed by atoms with Crippen LogP contribution in [0.15, 0.2) is 0 Å². The Bertz CT molecular complexity index is 6.00. The van der Waals surface area contributed by atoms with Crippen LogP contribution in [-0.2, 0) is 25.8 Å². The summed E-state index contributed by atoms with van der Waals surface area (Å²) in [4.78, 5) is 7.14. The fourth-order valence-corrected chi connectivity index (χ4v) is 0. The Morgan fingerprint density at radius 3 is 1.25 bits per heavy atom. The molecule has 0 amide bonds. The van der Waals surface area contributed by atoms with Gasteiger partial charge in [0.25, 0.3) is 0 Å². The van der Waals surface area contributed by atoms with Crippen LogP contribution in [0, 0.1) is 0 Å². The zero-order valence-corrected chi connectivity index (χ0v) is 8.04. The molecule has 0 heterocycles. The smallest absolute Gasteiger partial charge is 0.141 e. The molecule has 0 aliphatic carbocycles. The summed E-state index contributed by atoms with van der Waals surface area (Å²) in [5.41, 5.74) is 0. The Kier molecular flexibility index (Phi) is 178. The Hall–Kier alpha value is 1.01. The van der Waals surface area contributed by atoms with Gasteiger partial charge in [-0.05, 0) is 0 Å². The van der Waals surface area contributed by atoms with Gasteiger partial charge in [0.15, 0.2) is 0 Å². The first kappa shape index (κ1) is 20.0. The van der Waals surface area contributed by atoms with E-state index in [1.54, 1.807) is 0 Å². The topological polar surface area (TPSA) is 51.7 Å². The Labute approximate surface area is 46.9 Å². The van der Waals surface area contributed by atoms with E-state index in [4.69, 9.17) is 4.80 Å². The molecule has 26 valence electrons. The molecule has 0 saturated heterocycles. The molecule has 0 rings (SSSR count). The maximum Gasteiger partial charge on any atom is 0.141 e. The molecular weight excluding hydrogens is 239 g/mol. The van der Waals surface area contributed by atoms with Gasteiger partial charge in [0.05, 0.1) is 0 Å². The monoisotopic (exact) mass is 246 g/mol. The van der Waals surface area contributed by atoms with Gasteiger partial charge in [-0.1, -0.05) is 0 Å². The minimum atomic E-state index is 0. The third-order valence-corrected chi connectivity index (χ3v) is 0. The van der Waals surface area contributed by atoms with E-state index in [1.807, 2.05) is 0 Å². The minimum absolute atomic E-state index is 0. The van der Waals surface area contributed by atoms with Crippen molar-refractivity contribution >= 4 is 10.5 Å². The van der Waals surface area contributed by atoms with Crippen LogP contribution < -0.4 is 0 Å². The first-order valence-electron chi connectivity index (χ1n) is 0.447. The molecule has 3 N–H and O–H groups in total. The molecule has 0 aromatic rings. The molecule has 0 spiro atoms. The van der Waals surface area contributed by atoms with Crippen LogP contribution in [0.4, 0.5) is 0 Å². The van der Waals surface area contributed by atoms with Crippen LogP contribution in [0.2, 0.25) is 0 Å². The molecule has 0 aromatic heterocycles. The number of rotatable bonds is 0. The van der Waals surface area contributed by atoms with Crippen molar-refractivity contribution < 1.29 is 36.1 Å². The predicted octanol–water partition coefficient (Wildman–Crippen LogP) is -2.57. The molecule has 0 saturated carbocycles. The van der Waals surface area contributed by atoms with Gasteiger partial charge in [-0.15, -0.1) is 0 Å². The van der Waals surface area contributed by atoms with E-state index in [2.05, 4.69) is 0 Å². The predicted molar refractivity (Wildman–Crippen MR) is 15.8 cm³/mol. The van der Waals surface area contributed by atoms with Gasteiger partial charge in [-0.25, -0.2) is 0 Å². The normalized spacial score (nSPS) is 2.25. The van der Waals surface area contributed by atoms with Crippen LogP contribution in [0.25, 0.3) is 0 Å². The van der Waals surface area contributed by atoms with E-state index in [-0.39, 0.29) is 31.3 Å². The average molecular weight is 245 g/mol. The van der Waals surface area contributed by atoms with Crippen molar-refractivity contribution in [3.63, 3.8) is 0 Å². The molecule has 0 radical (unpaired) electrons. The zero-order chi connectivity index (χ0) is 2.00. The largest absolute Gasteiger partial charge is 0.442 e. The summed E-state index contributed by atoms with van der Waals surface area (Å²) in [7, 11) is 0.306. The Balaban J connectivity index is -0.00000000500. The molecule has 0 aliphatic heterocycles. The van der Waals surface area contributed by atoms with Gasteiger partial charge in [-0.2, -0.15) is 0 Å². The summed E-state index contributed by atoms with van der Waals surface area (Å²) in [6.45, 7) is 0. The summed E-state index contributed by atoms with van der Waals surface area (Å²) in [5, 5.41) is 0. The van der Waals surface area contributed by atoms with Crippen molar-refractivity contribution in [2.24, 2.45) is 0 Å². The van der Waals surface area contributed by atoms with E-state index in [0.29, 0.717) is 10.5 Å². The number of hydrogen-bond donors (Lipinski definition) is 1. The molecule has 4 heavy (non-hydrogen) atoms. The van der Waals surface area contributed by atoms with Gasteiger partial charge >= 0.3 is 0 Å². The van der Waals surface area contributed by atoms with E-state index in [0.717, 1.165) is 0 Å². The molecular formula is H6HfO2Si. The van der Waals surface area contributed by atoms with Crippen molar-refractivity contribution in [2.45, 2.75) is 0 Å². The second-order valence-corrected chi connectivity index (χ2v) is 0. The van der Waals surface area contributed by atoms with Gasteiger partial charge in [0.1, 0.15) is 10.5 Å². The fourth-order valence-electron chi connectivity index (χ4n) is 0. The molecule has 2 nitrogen and oxygen atoms in total. The second-order valence-electron chi connectivity index (χ2n) is 0. The summed E-state index contributed by atoms with van der Waals surface area (Å²) in [5.74, 6) is 0. The minimum Gasteiger partial charge on any atom is -0.442 e. The van der Waals surface area contributed by atoms with Crippen LogP contribution in [0.1, 0.15) is 0 Å². The van der Waals surface area contributed by atoms with Gasteiger partial charge in [0.2, 0.25) is 0 Å². The first-order valence-corrected chi connectivity index (χ1v) is 1.34. The van der Waals surface area contributed by atoms with Gasteiger partial charge < -0.3 is 10.3 Å². The SMILES string of the molecule is O.O[SiH3].[Hf]. The fraction of sp³-hybridized carbons (Fsp3) is 0. The van der Waals surface area contributed by atoms with E-state index < -0.39 is 0 Å². The van der Waals surface area contributed by atoms with Crippen molar-refractivity contribution in [1.29, 1.82) is 0 Å². The third kappa shape index (κ3) is 11.9. The van der Waals surface area contributed by atoms with Gasteiger partial charge in [0, 0.05) is 25.8 Å². The summed E-state index contributed by atoms with van der Waals surface area (Å²) < 4.78 is 0. The zero-order valence-electron chi connectivity index (χ0n) is 2.45. The quantitative estimate of drug-likeness (QED) is 0.468. The molecule has 0 aliphatic rings. The molecule has 0 unspecified atom stereocenters. The Morgan fingerprint density at radius 2 is 1.25 bits per heavy atom. The molecule has 0 atom stereocenters. The maximum atomic E-state index is 7.14.